The van der Waals surface area contributed by atoms with Gasteiger partial charge in [0.2, 0.25) is 0 Å². The summed E-state index contributed by atoms with van der Waals surface area (Å²) >= 11 is 6.05. The molecule has 0 aliphatic carbocycles. The molecule has 0 spiro atoms. The van der Waals surface area contributed by atoms with Crippen molar-refractivity contribution in [1.29, 1.82) is 0 Å². The first-order chi connectivity index (χ1) is 7.86. The van der Waals surface area contributed by atoms with Crippen LogP contribution >= 0.6 is 11.6 Å². The third-order valence-electron chi connectivity index (χ3n) is 2.34. The quantitative estimate of drug-likeness (QED) is 0.775. The topological polar surface area (TPSA) is 9.23 Å². The zero-order valence-corrected chi connectivity index (χ0v) is 9.65. The van der Waals surface area contributed by atoms with E-state index in [1.807, 2.05) is 54.6 Å². The van der Waals surface area contributed by atoms with Crippen LogP contribution in [0.5, 0.6) is 5.75 Å². The van der Waals surface area contributed by atoms with Crippen molar-refractivity contribution in [3.8, 4) is 5.75 Å². The minimum absolute atomic E-state index is 0.647. The van der Waals surface area contributed by atoms with Gasteiger partial charge >= 0.3 is 0 Å². The molecule has 0 saturated heterocycles. The van der Waals surface area contributed by atoms with E-state index in [0.717, 1.165) is 22.8 Å². The van der Waals surface area contributed by atoms with Gasteiger partial charge < -0.3 is 4.74 Å². The van der Waals surface area contributed by atoms with E-state index in [-0.39, 0.29) is 0 Å². The minimum Gasteiger partial charge on any atom is -0.493 e. The number of benzene rings is 2. The Kier molecular flexibility index (Phi) is 3.84. The van der Waals surface area contributed by atoms with Crippen LogP contribution in [0.3, 0.4) is 0 Å². The molecule has 0 saturated carbocycles. The molecule has 0 heterocycles. The Morgan fingerprint density at radius 1 is 0.875 bits per heavy atom. The van der Waals surface area contributed by atoms with Crippen LogP contribution in [0.15, 0.2) is 54.6 Å². The predicted molar refractivity (Wildman–Crippen MR) is 67.1 cm³/mol. The highest BCUT2D eigenvalue weighted by molar-refractivity contribution is 6.31. The number of hydrogen-bond donors (Lipinski definition) is 0. The van der Waals surface area contributed by atoms with E-state index in [4.69, 9.17) is 16.3 Å². The molecule has 82 valence electrons. The smallest absolute Gasteiger partial charge is 0.119 e. The zero-order chi connectivity index (χ0) is 11.2. The second-order valence-corrected chi connectivity index (χ2v) is 3.91. The fourth-order valence-electron chi connectivity index (χ4n) is 1.50. The number of ether oxygens (including phenoxy) is 1. The monoisotopic (exact) mass is 232 g/mol. The van der Waals surface area contributed by atoms with Gasteiger partial charge in [0, 0.05) is 11.4 Å². The van der Waals surface area contributed by atoms with E-state index in [0.29, 0.717) is 6.61 Å². The van der Waals surface area contributed by atoms with Gasteiger partial charge in [-0.15, -0.1) is 0 Å². The van der Waals surface area contributed by atoms with Gasteiger partial charge in [-0.3, -0.25) is 0 Å². The molecule has 0 aliphatic heterocycles. The summed E-state index contributed by atoms with van der Waals surface area (Å²) in [7, 11) is 0. The molecular formula is C14H13ClO. The molecule has 0 unspecified atom stereocenters. The molecule has 0 fully saturated rings. The van der Waals surface area contributed by atoms with Crippen LogP contribution in [0.25, 0.3) is 0 Å². The third-order valence-corrected chi connectivity index (χ3v) is 2.71. The summed E-state index contributed by atoms with van der Waals surface area (Å²) in [6.45, 7) is 0.647. The van der Waals surface area contributed by atoms with Gasteiger partial charge in [0.25, 0.3) is 0 Å². The molecule has 0 aliphatic rings. The van der Waals surface area contributed by atoms with Gasteiger partial charge in [0.1, 0.15) is 5.75 Å². The van der Waals surface area contributed by atoms with Crippen LogP contribution in [-0.4, -0.2) is 6.61 Å². The fourth-order valence-corrected chi connectivity index (χ4v) is 1.73. The lowest BCUT2D eigenvalue weighted by Gasteiger charge is -2.06. The Bertz CT molecular complexity index is 439. The van der Waals surface area contributed by atoms with Crippen molar-refractivity contribution in [2.24, 2.45) is 0 Å². The standard InChI is InChI=1S/C14H13ClO/c15-14-9-5-4-6-12(14)10-11-16-13-7-2-1-3-8-13/h1-9H,10-11H2. The normalized spacial score (nSPS) is 10.1. The van der Waals surface area contributed by atoms with Gasteiger partial charge in [0.15, 0.2) is 0 Å². The van der Waals surface area contributed by atoms with Crippen LogP contribution in [-0.2, 0) is 6.42 Å². The van der Waals surface area contributed by atoms with Gasteiger partial charge in [-0.2, -0.15) is 0 Å². The number of para-hydroxylation sites is 1. The molecule has 0 radical (unpaired) electrons. The van der Waals surface area contributed by atoms with Gasteiger partial charge in [0.05, 0.1) is 6.61 Å². The first-order valence-corrected chi connectivity index (χ1v) is 5.65. The van der Waals surface area contributed by atoms with Crippen molar-refractivity contribution in [1.82, 2.24) is 0 Å². The molecule has 16 heavy (non-hydrogen) atoms. The average molecular weight is 233 g/mol. The maximum atomic E-state index is 6.05. The van der Waals surface area contributed by atoms with E-state index in [1.165, 1.54) is 0 Å². The highest BCUT2D eigenvalue weighted by Crippen LogP contribution is 2.16. The van der Waals surface area contributed by atoms with Crippen molar-refractivity contribution in [2.45, 2.75) is 6.42 Å². The number of rotatable bonds is 4. The molecule has 2 heteroatoms. The lowest BCUT2D eigenvalue weighted by atomic mass is 10.2. The Morgan fingerprint density at radius 3 is 2.31 bits per heavy atom. The predicted octanol–water partition coefficient (Wildman–Crippen LogP) is 3.96. The summed E-state index contributed by atoms with van der Waals surface area (Å²) in [6.07, 6.45) is 0.828. The summed E-state index contributed by atoms with van der Waals surface area (Å²) < 4.78 is 5.61. The van der Waals surface area contributed by atoms with Crippen LogP contribution < -0.4 is 4.74 Å². The number of hydrogen-bond acceptors (Lipinski definition) is 1. The summed E-state index contributed by atoms with van der Waals surface area (Å²) in [5.74, 6) is 0.898. The SMILES string of the molecule is Clc1ccccc1CCOc1ccccc1. The highest BCUT2D eigenvalue weighted by atomic mass is 35.5. The molecule has 1 nitrogen and oxygen atoms in total. The van der Waals surface area contributed by atoms with Crippen molar-refractivity contribution in [3.63, 3.8) is 0 Å². The fraction of sp³-hybridized carbons (Fsp3) is 0.143. The van der Waals surface area contributed by atoms with Gasteiger partial charge in [-0.05, 0) is 23.8 Å². The van der Waals surface area contributed by atoms with Crippen LogP contribution in [0.4, 0.5) is 0 Å². The maximum Gasteiger partial charge on any atom is 0.119 e. The Morgan fingerprint density at radius 2 is 1.56 bits per heavy atom. The summed E-state index contributed by atoms with van der Waals surface area (Å²) in [4.78, 5) is 0. The summed E-state index contributed by atoms with van der Waals surface area (Å²) in [5, 5.41) is 0.805. The Labute approximate surface area is 101 Å². The molecule has 2 rings (SSSR count). The molecule has 0 atom stereocenters. The van der Waals surface area contributed by atoms with E-state index in [1.54, 1.807) is 0 Å². The largest absolute Gasteiger partial charge is 0.493 e. The van der Waals surface area contributed by atoms with Gasteiger partial charge in [-0.25, -0.2) is 0 Å². The van der Waals surface area contributed by atoms with E-state index < -0.39 is 0 Å². The molecule has 0 bridgehead atoms. The lowest BCUT2D eigenvalue weighted by molar-refractivity contribution is 0.322. The van der Waals surface area contributed by atoms with Crippen LogP contribution in [0, 0.1) is 0 Å². The van der Waals surface area contributed by atoms with Crippen molar-refractivity contribution in [2.75, 3.05) is 6.61 Å². The van der Waals surface area contributed by atoms with Crippen molar-refractivity contribution in [3.05, 3.63) is 65.2 Å². The minimum atomic E-state index is 0.647. The highest BCUT2D eigenvalue weighted by Gasteiger charge is 1.99. The third kappa shape index (κ3) is 3.01. The van der Waals surface area contributed by atoms with E-state index in [2.05, 4.69) is 0 Å². The molecular weight excluding hydrogens is 220 g/mol. The Hall–Kier alpha value is -1.47. The first-order valence-electron chi connectivity index (χ1n) is 5.27. The van der Waals surface area contributed by atoms with Crippen molar-refractivity contribution < 1.29 is 4.74 Å². The molecule has 0 amide bonds. The van der Waals surface area contributed by atoms with Crippen molar-refractivity contribution >= 4 is 11.6 Å². The zero-order valence-electron chi connectivity index (χ0n) is 8.90. The molecule has 0 aromatic heterocycles. The summed E-state index contributed by atoms with van der Waals surface area (Å²) in [6, 6.07) is 17.7. The first kappa shape index (κ1) is 11.0. The van der Waals surface area contributed by atoms with Crippen LogP contribution in [0.2, 0.25) is 5.02 Å². The number of halogens is 1. The van der Waals surface area contributed by atoms with E-state index in [9.17, 15) is 0 Å². The molecule has 2 aromatic carbocycles. The molecule has 0 N–H and O–H groups in total. The second-order valence-electron chi connectivity index (χ2n) is 3.50. The second kappa shape index (κ2) is 5.57. The van der Waals surface area contributed by atoms with Gasteiger partial charge in [-0.1, -0.05) is 48.0 Å². The average Bonchev–Trinajstić information content (AvgIpc) is 2.33. The molecule has 2 aromatic rings. The lowest BCUT2D eigenvalue weighted by Crippen LogP contribution is -2.01. The van der Waals surface area contributed by atoms with E-state index >= 15 is 0 Å². The maximum absolute atomic E-state index is 6.05. The Balaban J connectivity index is 1.87. The van der Waals surface area contributed by atoms with Crippen LogP contribution in [0.1, 0.15) is 5.56 Å². The summed E-state index contributed by atoms with van der Waals surface area (Å²) in [5.41, 5.74) is 1.13.